The molecule has 0 saturated carbocycles. The van der Waals surface area contributed by atoms with E-state index in [1.165, 1.54) is 0 Å². The molecule has 0 fully saturated rings. The number of nitrogens with zero attached hydrogens (tertiary/aromatic N) is 2. The van der Waals surface area contributed by atoms with Crippen molar-refractivity contribution in [3.63, 3.8) is 0 Å². The van der Waals surface area contributed by atoms with Crippen molar-refractivity contribution in [2.75, 3.05) is 0 Å². The highest BCUT2D eigenvalue weighted by Gasteiger charge is 2.16. The van der Waals surface area contributed by atoms with Gasteiger partial charge in [0.05, 0.1) is 0 Å². The molecule has 0 N–H and O–H groups in total. The predicted octanol–water partition coefficient (Wildman–Crippen LogP) is -1.30. The first-order chi connectivity index (χ1) is 10.6. The predicted molar refractivity (Wildman–Crippen MR) is 72.3 cm³/mol. The molecule has 0 saturated heterocycles. The van der Waals surface area contributed by atoms with Crippen LogP contribution < -0.4 is 23.0 Å². The quantitative estimate of drug-likeness (QED) is 0.466. The first kappa shape index (κ1) is 17.8. The molecule has 0 amide bonds. The van der Waals surface area contributed by atoms with Gasteiger partial charge in [-0.1, -0.05) is 15.9 Å². The summed E-state index contributed by atoms with van der Waals surface area (Å²) in [6, 6.07) is 10.1. The Morgan fingerprint density at radius 3 is 2.22 bits per heavy atom. The van der Waals surface area contributed by atoms with E-state index in [2.05, 4.69) is 20.9 Å². The Labute approximate surface area is 142 Å². The van der Waals surface area contributed by atoms with Crippen LogP contribution in [0.25, 0.3) is 17.2 Å². The molecule has 3 aromatic rings. The Hall–Kier alpha value is -1.55. The SMILES string of the molecule is Cc1cc(C)[n+]2cc(-c3ccc(Br)cc3)oc2n1.[O-][Cl+3]([O-])([O-])[O-]. The van der Waals surface area contributed by atoms with Gasteiger partial charge in [-0.3, -0.25) is 0 Å². The van der Waals surface area contributed by atoms with Crippen molar-refractivity contribution in [1.29, 1.82) is 0 Å². The first-order valence-corrected chi connectivity index (χ1v) is 8.33. The average Bonchev–Trinajstić information content (AvgIpc) is 2.81. The van der Waals surface area contributed by atoms with Crippen molar-refractivity contribution in [1.82, 2.24) is 4.98 Å². The van der Waals surface area contributed by atoms with Gasteiger partial charge in [0.1, 0.15) is 11.9 Å². The van der Waals surface area contributed by atoms with E-state index < -0.39 is 10.2 Å². The molecule has 0 unspecified atom stereocenters. The molecule has 0 radical (unpaired) electrons. The van der Waals surface area contributed by atoms with E-state index in [1.54, 1.807) is 0 Å². The smallest absolute Gasteiger partial charge is 0.384 e. The van der Waals surface area contributed by atoms with Gasteiger partial charge in [0.2, 0.25) is 0 Å². The molecule has 1 aromatic carbocycles. The van der Waals surface area contributed by atoms with Gasteiger partial charge in [0.25, 0.3) is 0 Å². The Bertz CT molecular complexity index is 808. The zero-order valence-electron chi connectivity index (χ0n) is 12.2. The summed E-state index contributed by atoms with van der Waals surface area (Å²) in [6.45, 7) is 4.01. The summed E-state index contributed by atoms with van der Waals surface area (Å²) in [4.78, 5) is 4.39. The summed E-state index contributed by atoms with van der Waals surface area (Å²) < 4.78 is 42.8. The number of aryl methyl sites for hydroxylation is 2. The average molecular weight is 404 g/mol. The minimum atomic E-state index is -4.94. The van der Waals surface area contributed by atoms with E-state index in [4.69, 9.17) is 23.1 Å². The molecule has 2 aromatic heterocycles. The van der Waals surface area contributed by atoms with E-state index in [-0.39, 0.29) is 0 Å². The molecule has 3 rings (SSSR count). The van der Waals surface area contributed by atoms with E-state index in [9.17, 15) is 0 Å². The molecular weight excluding hydrogens is 392 g/mol. The second-order valence-corrected chi connectivity index (χ2v) is 6.34. The summed E-state index contributed by atoms with van der Waals surface area (Å²) in [5.41, 5.74) is 3.12. The highest BCUT2D eigenvalue weighted by atomic mass is 79.9. The lowest BCUT2D eigenvalue weighted by Crippen LogP contribution is -2.68. The summed E-state index contributed by atoms with van der Waals surface area (Å²) in [5.74, 6) is 1.45. The summed E-state index contributed by atoms with van der Waals surface area (Å²) >= 11 is 3.43. The fraction of sp³-hybridized carbons (Fsp3) is 0.143. The van der Waals surface area contributed by atoms with Crippen molar-refractivity contribution in [3.8, 4) is 11.3 Å². The van der Waals surface area contributed by atoms with Crippen LogP contribution in [0.5, 0.6) is 0 Å². The largest absolute Gasteiger partial charge is 0.509 e. The van der Waals surface area contributed by atoms with Crippen LogP contribution in [0.1, 0.15) is 11.4 Å². The molecule has 0 spiro atoms. The second kappa shape index (κ2) is 6.91. The van der Waals surface area contributed by atoms with E-state index in [0.717, 1.165) is 27.2 Å². The third kappa shape index (κ3) is 5.24. The third-order valence-electron chi connectivity index (χ3n) is 2.85. The number of halogens is 2. The number of oxazole rings is 1. The van der Waals surface area contributed by atoms with Crippen LogP contribution >= 0.6 is 15.9 Å². The zero-order valence-corrected chi connectivity index (χ0v) is 14.5. The van der Waals surface area contributed by atoms with Crippen molar-refractivity contribution in [3.05, 3.63) is 52.4 Å². The lowest BCUT2D eigenvalue weighted by atomic mass is 10.2. The van der Waals surface area contributed by atoms with Crippen molar-refractivity contribution >= 4 is 21.8 Å². The van der Waals surface area contributed by atoms with Gasteiger partial charge in [0, 0.05) is 23.0 Å². The lowest BCUT2D eigenvalue weighted by Gasteiger charge is -2.17. The zero-order chi connectivity index (χ0) is 17.2. The number of hydrogen-bond acceptors (Lipinski definition) is 6. The fourth-order valence-electron chi connectivity index (χ4n) is 1.98. The van der Waals surface area contributed by atoms with Gasteiger partial charge in [-0.15, -0.1) is 10.2 Å². The molecule has 23 heavy (non-hydrogen) atoms. The first-order valence-electron chi connectivity index (χ1n) is 6.30. The van der Waals surface area contributed by atoms with Crippen molar-refractivity contribution < 1.29 is 37.7 Å². The van der Waals surface area contributed by atoms with E-state index >= 15 is 0 Å². The Morgan fingerprint density at radius 1 is 1.09 bits per heavy atom. The molecule has 9 heteroatoms. The maximum atomic E-state index is 8.49. The topological polar surface area (TPSA) is 122 Å². The maximum absolute atomic E-state index is 8.49. The number of hydrogen-bond donors (Lipinski definition) is 0. The standard InChI is InChI=1S/C14H12BrN2O.ClHO4/c1-9-7-10(2)17-8-13(18-14(17)16-9)11-3-5-12(15)6-4-11;2-1(3,4)5/h3-8H,1-2H3;(H,2,3,4,5)/q+1;/p-1. The van der Waals surface area contributed by atoms with Crippen LogP contribution in [0.3, 0.4) is 0 Å². The van der Waals surface area contributed by atoms with Crippen molar-refractivity contribution in [2.45, 2.75) is 13.8 Å². The van der Waals surface area contributed by atoms with Gasteiger partial charge >= 0.3 is 5.84 Å². The minimum absolute atomic E-state index is 0.630. The molecule has 0 aliphatic rings. The summed E-state index contributed by atoms with van der Waals surface area (Å²) in [5, 5.41) is 0. The fourth-order valence-corrected chi connectivity index (χ4v) is 2.24. The highest BCUT2D eigenvalue weighted by molar-refractivity contribution is 9.10. The molecule has 2 heterocycles. The second-order valence-electron chi connectivity index (χ2n) is 4.67. The molecule has 0 atom stereocenters. The number of aromatic nitrogens is 2. The van der Waals surface area contributed by atoms with E-state index in [0.29, 0.717) is 5.84 Å². The lowest BCUT2D eigenvalue weighted by molar-refractivity contribution is -2.00. The highest BCUT2D eigenvalue weighted by Crippen LogP contribution is 2.22. The molecular formula is C14H12BrClN2O5. The van der Waals surface area contributed by atoms with Crippen molar-refractivity contribution in [2.24, 2.45) is 0 Å². The Kier molecular flexibility index (Phi) is 5.35. The van der Waals surface area contributed by atoms with E-state index in [1.807, 2.05) is 54.8 Å². The Balaban J connectivity index is 0.000000338. The number of benzene rings is 1. The minimum Gasteiger partial charge on any atom is -0.384 e. The number of fused-ring (bicyclic) bond motifs is 1. The molecule has 0 bridgehead atoms. The molecule has 122 valence electrons. The van der Waals surface area contributed by atoms with Crippen LogP contribution in [-0.2, 0) is 0 Å². The molecule has 0 aliphatic carbocycles. The Morgan fingerprint density at radius 2 is 1.65 bits per heavy atom. The van der Waals surface area contributed by atoms with Gasteiger partial charge in [-0.2, -0.15) is 4.40 Å². The van der Waals surface area contributed by atoms with Crippen LogP contribution in [-0.4, -0.2) is 4.98 Å². The van der Waals surface area contributed by atoms with Gasteiger partial charge in [0.15, 0.2) is 11.5 Å². The van der Waals surface area contributed by atoms with Crippen LogP contribution in [0.15, 0.2) is 45.4 Å². The molecule has 7 nitrogen and oxygen atoms in total. The van der Waals surface area contributed by atoms with Crippen LogP contribution in [0, 0.1) is 24.1 Å². The normalized spacial score (nSPS) is 11.3. The monoisotopic (exact) mass is 402 g/mol. The van der Waals surface area contributed by atoms with Crippen LogP contribution in [0.2, 0.25) is 0 Å². The molecule has 0 aliphatic heterocycles. The number of rotatable bonds is 1. The third-order valence-corrected chi connectivity index (χ3v) is 3.38. The van der Waals surface area contributed by atoms with Gasteiger partial charge < -0.3 is 4.42 Å². The van der Waals surface area contributed by atoms with Crippen LogP contribution in [0.4, 0.5) is 0 Å². The summed E-state index contributed by atoms with van der Waals surface area (Å²) in [6.07, 6.45) is 1.97. The van der Waals surface area contributed by atoms with Gasteiger partial charge in [-0.25, -0.2) is 18.6 Å². The maximum Gasteiger partial charge on any atom is 0.509 e. The van der Waals surface area contributed by atoms with Gasteiger partial charge in [-0.05, 0) is 36.2 Å². The summed E-state index contributed by atoms with van der Waals surface area (Å²) in [7, 11) is -4.94.